The molecule has 0 saturated carbocycles. The summed E-state index contributed by atoms with van der Waals surface area (Å²) in [7, 11) is 0. The molecular weight excluding hydrogens is 797 g/mol. The third-order valence-corrected chi connectivity index (χ3v) is 14.5. The van der Waals surface area contributed by atoms with Crippen molar-refractivity contribution in [1.29, 1.82) is 0 Å². The summed E-state index contributed by atoms with van der Waals surface area (Å²) in [5.74, 6) is 0. The molecule has 298 valence electrons. The van der Waals surface area contributed by atoms with Gasteiger partial charge in [-0.15, -0.1) is 11.3 Å². The molecule has 11 aromatic carbocycles. The van der Waals surface area contributed by atoms with E-state index in [1.807, 2.05) is 11.3 Å². The van der Waals surface area contributed by atoms with Crippen molar-refractivity contribution < 1.29 is 4.42 Å². The zero-order valence-electron chi connectivity index (χ0n) is 34.5. The SMILES string of the molecule is c1ccc(N(c2ccc(-n3c4ccccc4c4c(-c5ccc6c7ccccc7c7ccccc7c6c5)c5c(cc43)oc3ccccc35)cc2)c2ccc3c(c2)sc2ccccc23)cc1. The van der Waals surface area contributed by atoms with Crippen LogP contribution in [-0.4, -0.2) is 4.57 Å². The fraction of sp³-hybridized carbons (Fsp3) is 0. The molecule has 0 radical (unpaired) electrons. The summed E-state index contributed by atoms with van der Waals surface area (Å²) >= 11 is 1.85. The van der Waals surface area contributed by atoms with E-state index in [9.17, 15) is 0 Å². The zero-order valence-corrected chi connectivity index (χ0v) is 35.3. The Morgan fingerprint density at radius 1 is 0.344 bits per heavy atom. The van der Waals surface area contributed by atoms with Gasteiger partial charge in [0.15, 0.2) is 0 Å². The lowest BCUT2D eigenvalue weighted by Gasteiger charge is -2.26. The van der Waals surface area contributed by atoms with Crippen LogP contribution in [-0.2, 0) is 0 Å². The van der Waals surface area contributed by atoms with Crippen LogP contribution in [0, 0.1) is 0 Å². The predicted molar refractivity (Wildman–Crippen MR) is 274 cm³/mol. The minimum atomic E-state index is 0.875. The van der Waals surface area contributed by atoms with Crippen molar-refractivity contribution in [2.75, 3.05) is 4.90 Å². The number of aromatic nitrogens is 1. The van der Waals surface area contributed by atoms with Crippen LogP contribution < -0.4 is 4.90 Å². The summed E-state index contributed by atoms with van der Waals surface area (Å²) in [6.45, 7) is 0. The van der Waals surface area contributed by atoms with E-state index in [0.29, 0.717) is 0 Å². The van der Waals surface area contributed by atoms with Gasteiger partial charge in [-0.1, -0.05) is 140 Å². The molecule has 0 fully saturated rings. The third-order valence-electron chi connectivity index (χ3n) is 13.3. The number of para-hydroxylation sites is 3. The Morgan fingerprint density at radius 2 is 0.906 bits per heavy atom. The van der Waals surface area contributed by atoms with Crippen molar-refractivity contribution in [2.45, 2.75) is 0 Å². The van der Waals surface area contributed by atoms with Gasteiger partial charge in [-0.3, -0.25) is 0 Å². The molecule has 0 bridgehead atoms. The highest BCUT2D eigenvalue weighted by atomic mass is 32.1. The molecule has 14 aromatic rings. The van der Waals surface area contributed by atoms with Crippen LogP contribution in [0.2, 0.25) is 0 Å². The van der Waals surface area contributed by atoms with E-state index in [4.69, 9.17) is 4.42 Å². The maximum Gasteiger partial charge on any atom is 0.138 e. The van der Waals surface area contributed by atoms with Crippen molar-refractivity contribution in [2.24, 2.45) is 0 Å². The average Bonchev–Trinajstić information content (AvgIpc) is 4.03. The van der Waals surface area contributed by atoms with E-state index in [1.165, 1.54) is 74.4 Å². The number of hydrogen-bond donors (Lipinski definition) is 0. The van der Waals surface area contributed by atoms with E-state index in [1.54, 1.807) is 0 Å². The van der Waals surface area contributed by atoms with E-state index in [0.717, 1.165) is 55.7 Å². The van der Waals surface area contributed by atoms with E-state index in [-0.39, 0.29) is 0 Å². The summed E-state index contributed by atoms with van der Waals surface area (Å²) in [4.78, 5) is 2.36. The van der Waals surface area contributed by atoms with Crippen molar-refractivity contribution in [1.82, 2.24) is 4.57 Å². The first-order chi connectivity index (χ1) is 31.7. The maximum atomic E-state index is 6.80. The fourth-order valence-corrected chi connectivity index (χ4v) is 11.7. The van der Waals surface area contributed by atoms with Crippen LogP contribution in [0.4, 0.5) is 17.1 Å². The second-order valence-electron chi connectivity index (χ2n) is 16.8. The molecule has 3 aromatic heterocycles. The number of nitrogens with zero attached hydrogens (tertiary/aromatic N) is 2. The largest absolute Gasteiger partial charge is 0.456 e. The van der Waals surface area contributed by atoms with Crippen molar-refractivity contribution in [3.8, 4) is 16.8 Å². The number of hydrogen-bond acceptors (Lipinski definition) is 3. The Balaban J connectivity index is 1.00. The average molecular weight is 833 g/mol. The van der Waals surface area contributed by atoms with Gasteiger partial charge in [0.2, 0.25) is 0 Å². The van der Waals surface area contributed by atoms with Crippen LogP contribution in [0.3, 0.4) is 0 Å². The number of fused-ring (bicyclic) bond motifs is 15. The number of rotatable bonds is 5. The molecule has 4 heteroatoms. The standard InChI is InChI=1S/C60H36N2OS/c1-2-14-38(15-3-1)61(41-31-33-48-47-20-10-13-25-56(47)64-57(48)35-41)39-27-29-40(30-28-39)62-52-23-11-8-21-49(52)59-53(62)36-55-60(50-22-9-12-24-54(50)63-55)58(59)37-26-32-46-44-18-5-4-16-42(44)43-17-6-7-19-45(43)51(46)34-37/h1-36H. The Bertz CT molecular complexity index is 4160. The van der Waals surface area contributed by atoms with E-state index >= 15 is 0 Å². The predicted octanol–water partition coefficient (Wildman–Crippen LogP) is 17.6. The first-order valence-corrected chi connectivity index (χ1v) is 22.6. The van der Waals surface area contributed by atoms with Crippen LogP contribution in [0.25, 0.3) is 113 Å². The zero-order chi connectivity index (χ0) is 41.9. The van der Waals surface area contributed by atoms with Gasteiger partial charge in [-0.25, -0.2) is 0 Å². The van der Waals surface area contributed by atoms with Gasteiger partial charge in [-0.2, -0.15) is 0 Å². The number of benzene rings is 11. The monoisotopic (exact) mass is 832 g/mol. The van der Waals surface area contributed by atoms with Gasteiger partial charge >= 0.3 is 0 Å². The smallest absolute Gasteiger partial charge is 0.138 e. The van der Waals surface area contributed by atoms with Gasteiger partial charge in [-0.05, 0) is 111 Å². The van der Waals surface area contributed by atoms with E-state index < -0.39 is 0 Å². The Labute approximate surface area is 371 Å². The molecule has 14 rings (SSSR count). The lowest BCUT2D eigenvalue weighted by molar-refractivity contribution is 0.669. The highest BCUT2D eigenvalue weighted by Crippen LogP contribution is 2.48. The summed E-state index contributed by atoms with van der Waals surface area (Å²) < 4.78 is 11.8. The number of furan rings is 1. The molecule has 3 nitrogen and oxygen atoms in total. The van der Waals surface area contributed by atoms with Crippen molar-refractivity contribution in [3.63, 3.8) is 0 Å². The molecule has 0 N–H and O–H groups in total. The van der Waals surface area contributed by atoms with Gasteiger partial charge in [0.1, 0.15) is 11.2 Å². The second kappa shape index (κ2) is 13.7. The van der Waals surface area contributed by atoms with Gasteiger partial charge in [0.25, 0.3) is 0 Å². The third kappa shape index (κ3) is 5.15. The molecule has 64 heavy (non-hydrogen) atoms. The van der Waals surface area contributed by atoms with Gasteiger partial charge < -0.3 is 13.9 Å². The maximum absolute atomic E-state index is 6.80. The quantitative estimate of drug-likeness (QED) is 0.161. The molecule has 0 aliphatic carbocycles. The lowest BCUT2D eigenvalue weighted by atomic mass is 9.89. The van der Waals surface area contributed by atoms with Crippen LogP contribution in [0.15, 0.2) is 223 Å². The molecule has 0 aliphatic heterocycles. The summed E-state index contributed by atoms with van der Waals surface area (Å²) in [6.07, 6.45) is 0. The molecule has 0 aliphatic rings. The minimum absolute atomic E-state index is 0.875. The first-order valence-electron chi connectivity index (χ1n) is 21.8. The fourth-order valence-electron chi connectivity index (χ4n) is 10.6. The number of thiophene rings is 1. The topological polar surface area (TPSA) is 21.3 Å². The van der Waals surface area contributed by atoms with E-state index in [2.05, 4.69) is 228 Å². The summed E-state index contributed by atoms with van der Waals surface area (Å²) in [6, 6.07) is 79.7. The first kappa shape index (κ1) is 35.4. The molecule has 0 unspecified atom stereocenters. The molecule has 0 saturated heterocycles. The van der Waals surface area contributed by atoms with Crippen molar-refractivity contribution in [3.05, 3.63) is 218 Å². The summed E-state index contributed by atoms with van der Waals surface area (Å²) in [5.41, 5.74) is 10.8. The molecule has 0 atom stereocenters. The highest BCUT2D eigenvalue weighted by molar-refractivity contribution is 7.25. The summed E-state index contributed by atoms with van der Waals surface area (Å²) in [5, 5.41) is 14.9. The van der Waals surface area contributed by atoms with Crippen molar-refractivity contribution >= 4 is 125 Å². The van der Waals surface area contributed by atoms with Crippen LogP contribution in [0.1, 0.15) is 0 Å². The Morgan fingerprint density at radius 3 is 1.67 bits per heavy atom. The molecule has 3 heterocycles. The second-order valence-corrected chi connectivity index (χ2v) is 17.9. The molecule has 0 amide bonds. The Hall–Kier alpha value is -8.18. The van der Waals surface area contributed by atoms with Gasteiger partial charge in [0.05, 0.1) is 11.0 Å². The molecular formula is C60H36N2OS. The minimum Gasteiger partial charge on any atom is -0.456 e. The Kier molecular flexibility index (Phi) is 7.56. The normalized spacial score (nSPS) is 12.1. The highest BCUT2D eigenvalue weighted by Gasteiger charge is 2.24. The lowest BCUT2D eigenvalue weighted by Crippen LogP contribution is -2.09. The van der Waals surface area contributed by atoms with Gasteiger partial charge in [0, 0.05) is 76.1 Å². The number of anilines is 3. The van der Waals surface area contributed by atoms with Crippen LogP contribution >= 0.6 is 11.3 Å². The van der Waals surface area contributed by atoms with Crippen LogP contribution in [0.5, 0.6) is 0 Å². The molecule has 0 spiro atoms.